The van der Waals surface area contributed by atoms with Crippen molar-refractivity contribution in [2.24, 2.45) is 4.99 Å². The smallest absolute Gasteiger partial charge is 0.277 e. The van der Waals surface area contributed by atoms with E-state index < -0.39 is 0 Å². The average Bonchev–Trinajstić information content (AvgIpc) is 3.48. The van der Waals surface area contributed by atoms with Gasteiger partial charge in [-0.2, -0.15) is 5.10 Å². The zero-order chi connectivity index (χ0) is 21.5. The van der Waals surface area contributed by atoms with Crippen LogP contribution in [0.2, 0.25) is 0 Å². The molecule has 2 aliphatic heterocycles. The summed E-state index contributed by atoms with van der Waals surface area (Å²) in [7, 11) is 0. The third-order valence-electron chi connectivity index (χ3n) is 5.71. The normalized spacial score (nSPS) is 15.4. The molecule has 4 heterocycles. The number of amides is 1. The van der Waals surface area contributed by atoms with E-state index in [1.165, 1.54) is 6.33 Å². The molecule has 4 aromatic rings. The molecular weight excluding hydrogens is 406 g/mol. The quantitative estimate of drug-likeness (QED) is 0.537. The van der Waals surface area contributed by atoms with Gasteiger partial charge in [-0.3, -0.25) is 4.79 Å². The molecule has 1 N–H and O–H groups in total. The number of carbonyl (C=O) groups is 1. The second-order valence-corrected chi connectivity index (χ2v) is 7.59. The predicted molar refractivity (Wildman–Crippen MR) is 121 cm³/mol. The van der Waals surface area contributed by atoms with Gasteiger partial charge in [0.1, 0.15) is 6.33 Å². The molecule has 9 heteroatoms. The van der Waals surface area contributed by atoms with Crippen LogP contribution in [0.25, 0.3) is 16.9 Å². The molecule has 2 aromatic carbocycles. The number of aromatic nitrogens is 4. The third kappa shape index (κ3) is 3.10. The largest absolute Gasteiger partial charge is 0.378 e. The molecule has 2 aromatic heterocycles. The van der Waals surface area contributed by atoms with Crippen LogP contribution in [-0.2, 0) is 4.74 Å². The van der Waals surface area contributed by atoms with Crippen molar-refractivity contribution in [3.63, 3.8) is 0 Å². The first-order valence-corrected chi connectivity index (χ1v) is 10.4. The second-order valence-electron chi connectivity index (χ2n) is 7.59. The summed E-state index contributed by atoms with van der Waals surface area (Å²) < 4.78 is 7.24. The summed E-state index contributed by atoms with van der Waals surface area (Å²) in [5.41, 5.74) is 5.73. The fraction of sp³-hybridized carbons (Fsp3) is 0.174. The number of nitrogens with one attached hydrogen (secondary N) is 1. The van der Waals surface area contributed by atoms with E-state index >= 15 is 0 Å². The lowest BCUT2D eigenvalue weighted by molar-refractivity contribution is 0.101. The lowest BCUT2D eigenvalue weighted by Crippen LogP contribution is -2.36. The van der Waals surface area contributed by atoms with Crippen molar-refractivity contribution in [1.82, 2.24) is 19.6 Å². The SMILES string of the molecule is O=C1N=Cc2cc(-c3cnc(Nc4ccccc4N4CCOCC4)c4ncnn34)ccc21. The van der Waals surface area contributed by atoms with Crippen LogP contribution in [0.4, 0.5) is 17.2 Å². The summed E-state index contributed by atoms with van der Waals surface area (Å²) in [6.45, 7) is 3.12. The van der Waals surface area contributed by atoms with Gasteiger partial charge >= 0.3 is 0 Å². The number of fused-ring (bicyclic) bond motifs is 2. The second kappa shape index (κ2) is 7.54. The molecule has 2 aliphatic rings. The maximum absolute atomic E-state index is 11.8. The molecule has 158 valence electrons. The van der Waals surface area contributed by atoms with Gasteiger partial charge in [0.15, 0.2) is 11.5 Å². The summed E-state index contributed by atoms with van der Waals surface area (Å²) in [6, 6.07) is 13.7. The zero-order valence-electron chi connectivity index (χ0n) is 17.1. The molecule has 0 saturated carbocycles. The molecule has 0 unspecified atom stereocenters. The molecule has 1 fully saturated rings. The number of morpholine rings is 1. The topological polar surface area (TPSA) is 97.0 Å². The van der Waals surface area contributed by atoms with Crippen LogP contribution in [0, 0.1) is 0 Å². The molecule has 9 nitrogen and oxygen atoms in total. The van der Waals surface area contributed by atoms with Gasteiger partial charge in [0, 0.05) is 30.4 Å². The predicted octanol–water partition coefficient (Wildman–Crippen LogP) is 2.94. The van der Waals surface area contributed by atoms with Crippen molar-refractivity contribution in [3.8, 4) is 11.3 Å². The zero-order valence-corrected chi connectivity index (χ0v) is 17.1. The summed E-state index contributed by atoms with van der Waals surface area (Å²) >= 11 is 0. The molecule has 32 heavy (non-hydrogen) atoms. The standard InChI is InChI=1S/C23H19N7O2/c31-23-17-6-5-15(11-16(17)12-25-23)20-13-24-21(22-26-14-27-30(20)22)28-18-3-1-2-4-19(18)29-7-9-32-10-8-29/h1-6,11-14H,7-10H2,(H,24,28). The summed E-state index contributed by atoms with van der Waals surface area (Å²) in [4.78, 5) is 27.1. The molecule has 6 rings (SSSR count). The van der Waals surface area contributed by atoms with E-state index in [9.17, 15) is 4.79 Å². The number of hydrogen-bond donors (Lipinski definition) is 1. The highest BCUT2D eigenvalue weighted by Crippen LogP contribution is 2.31. The van der Waals surface area contributed by atoms with Crippen LogP contribution in [-0.4, -0.2) is 58.0 Å². The Labute approximate surface area is 183 Å². The Morgan fingerprint density at radius 1 is 1.03 bits per heavy atom. The van der Waals surface area contributed by atoms with E-state index in [1.807, 2.05) is 30.3 Å². The fourth-order valence-corrected chi connectivity index (χ4v) is 4.11. The Balaban J connectivity index is 1.38. The van der Waals surface area contributed by atoms with Gasteiger partial charge in [-0.25, -0.2) is 19.5 Å². The molecule has 0 radical (unpaired) electrons. The van der Waals surface area contributed by atoms with Gasteiger partial charge in [-0.05, 0) is 24.3 Å². The van der Waals surface area contributed by atoms with Crippen LogP contribution in [0.3, 0.4) is 0 Å². The van der Waals surface area contributed by atoms with E-state index in [4.69, 9.17) is 4.74 Å². The van der Waals surface area contributed by atoms with Gasteiger partial charge in [-0.1, -0.05) is 18.2 Å². The van der Waals surface area contributed by atoms with Crippen LogP contribution < -0.4 is 10.2 Å². The van der Waals surface area contributed by atoms with Crippen LogP contribution in [0.15, 0.2) is 60.0 Å². The Bertz CT molecular complexity index is 1370. The number of carbonyl (C=O) groups excluding carboxylic acids is 1. The van der Waals surface area contributed by atoms with Crippen molar-refractivity contribution in [2.45, 2.75) is 0 Å². The maximum atomic E-state index is 11.8. The summed E-state index contributed by atoms with van der Waals surface area (Å²) in [5.74, 6) is 0.402. The van der Waals surface area contributed by atoms with E-state index in [1.54, 1.807) is 23.0 Å². The highest BCUT2D eigenvalue weighted by Gasteiger charge is 2.19. The van der Waals surface area contributed by atoms with Crippen molar-refractivity contribution in [3.05, 3.63) is 66.1 Å². The van der Waals surface area contributed by atoms with Crippen molar-refractivity contribution in [1.29, 1.82) is 0 Å². The Morgan fingerprint density at radius 3 is 2.81 bits per heavy atom. The Kier molecular flexibility index (Phi) is 4.39. The molecule has 0 aliphatic carbocycles. The van der Waals surface area contributed by atoms with Crippen molar-refractivity contribution >= 4 is 35.0 Å². The number of para-hydroxylation sites is 2. The number of hydrogen-bond acceptors (Lipinski definition) is 7. The highest BCUT2D eigenvalue weighted by atomic mass is 16.5. The molecular formula is C23H19N7O2. The van der Waals surface area contributed by atoms with Crippen LogP contribution in [0.1, 0.15) is 15.9 Å². The molecule has 0 atom stereocenters. The minimum Gasteiger partial charge on any atom is -0.378 e. The fourth-order valence-electron chi connectivity index (χ4n) is 4.11. The van der Waals surface area contributed by atoms with E-state index in [0.717, 1.165) is 41.3 Å². The van der Waals surface area contributed by atoms with Crippen molar-refractivity contribution in [2.75, 3.05) is 36.5 Å². The summed E-state index contributed by atoms with van der Waals surface area (Å²) in [5, 5.41) is 7.86. The maximum Gasteiger partial charge on any atom is 0.277 e. The summed E-state index contributed by atoms with van der Waals surface area (Å²) in [6.07, 6.45) is 4.86. The van der Waals surface area contributed by atoms with Gasteiger partial charge in [0.25, 0.3) is 5.91 Å². The first-order valence-electron chi connectivity index (χ1n) is 10.4. The first kappa shape index (κ1) is 18.6. The lowest BCUT2D eigenvalue weighted by atomic mass is 10.0. The van der Waals surface area contributed by atoms with E-state index in [0.29, 0.717) is 30.2 Å². The van der Waals surface area contributed by atoms with E-state index in [-0.39, 0.29) is 5.91 Å². The van der Waals surface area contributed by atoms with Gasteiger partial charge in [-0.15, -0.1) is 0 Å². The third-order valence-corrected chi connectivity index (χ3v) is 5.71. The van der Waals surface area contributed by atoms with Gasteiger partial charge in [0.05, 0.1) is 42.0 Å². The monoisotopic (exact) mass is 425 g/mol. The molecule has 1 amide bonds. The number of anilines is 3. The van der Waals surface area contributed by atoms with Crippen molar-refractivity contribution < 1.29 is 9.53 Å². The minimum atomic E-state index is -0.214. The van der Waals surface area contributed by atoms with Gasteiger partial charge in [0.2, 0.25) is 0 Å². The first-order chi connectivity index (χ1) is 15.8. The molecule has 0 spiro atoms. The number of benzene rings is 2. The van der Waals surface area contributed by atoms with Crippen LogP contribution in [0.5, 0.6) is 0 Å². The van der Waals surface area contributed by atoms with Crippen LogP contribution >= 0.6 is 0 Å². The molecule has 0 bridgehead atoms. The highest BCUT2D eigenvalue weighted by molar-refractivity contribution is 6.13. The molecule has 1 saturated heterocycles. The lowest BCUT2D eigenvalue weighted by Gasteiger charge is -2.30. The van der Waals surface area contributed by atoms with Gasteiger partial charge < -0.3 is 15.0 Å². The number of ether oxygens (including phenoxy) is 1. The minimum absolute atomic E-state index is 0.214. The Morgan fingerprint density at radius 2 is 1.91 bits per heavy atom. The Hall–Kier alpha value is -4.11. The number of rotatable bonds is 4. The number of aliphatic imine (C=N–C) groups is 1. The average molecular weight is 425 g/mol. The van der Waals surface area contributed by atoms with E-state index in [2.05, 4.69) is 36.3 Å². The number of nitrogens with zero attached hydrogens (tertiary/aromatic N) is 6.